The number of piperidine rings is 1. The molecule has 4 rings (SSSR count). The fourth-order valence-corrected chi connectivity index (χ4v) is 3.49. The van der Waals surface area contributed by atoms with Gasteiger partial charge >= 0.3 is 0 Å². The van der Waals surface area contributed by atoms with Gasteiger partial charge in [-0.1, -0.05) is 23.2 Å². The number of aromatic amines is 1. The van der Waals surface area contributed by atoms with Crippen LogP contribution in [0.3, 0.4) is 0 Å². The molecule has 5 nitrogen and oxygen atoms in total. The second kappa shape index (κ2) is 7.17. The lowest BCUT2D eigenvalue weighted by Crippen LogP contribution is -2.42. The number of carbonyl (C=O) groups is 1. The Hall–Kier alpha value is -2.24. The lowest BCUT2D eigenvalue weighted by Gasteiger charge is -2.31. The van der Waals surface area contributed by atoms with E-state index in [-0.39, 0.29) is 12.0 Å². The molecule has 2 heterocycles. The summed E-state index contributed by atoms with van der Waals surface area (Å²) in [6.45, 7) is 1.28. The summed E-state index contributed by atoms with van der Waals surface area (Å²) >= 11 is 11.9. The van der Waals surface area contributed by atoms with Crippen LogP contribution in [0.25, 0.3) is 10.9 Å². The minimum Gasteiger partial charge on any atom is -0.490 e. The van der Waals surface area contributed by atoms with Gasteiger partial charge in [-0.2, -0.15) is 5.10 Å². The molecule has 0 saturated carbocycles. The summed E-state index contributed by atoms with van der Waals surface area (Å²) in [5, 5.41) is 9.15. The number of hydrogen-bond acceptors (Lipinski definition) is 3. The van der Waals surface area contributed by atoms with E-state index < -0.39 is 0 Å². The maximum absolute atomic E-state index is 12.8. The van der Waals surface area contributed by atoms with Crippen molar-refractivity contribution < 1.29 is 9.53 Å². The predicted octanol–water partition coefficient (Wildman–Crippen LogP) is 4.55. The minimum absolute atomic E-state index is 0.0662. The van der Waals surface area contributed by atoms with Gasteiger partial charge in [0, 0.05) is 41.4 Å². The van der Waals surface area contributed by atoms with Gasteiger partial charge in [0.1, 0.15) is 11.9 Å². The molecule has 0 spiro atoms. The number of benzene rings is 2. The molecule has 0 aliphatic carbocycles. The van der Waals surface area contributed by atoms with Crippen LogP contribution in [0.2, 0.25) is 10.0 Å². The van der Waals surface area contributed by atoms with Crippen molar-refractivity contribution in [3.63, 3.8) is 0 Å². The molecule has 1 N–H and O–H groups in total. The monoisotopic (exact) mass is 389 g/mol. The summed E-state index contributed by atoms with van der Waals surface area (Å²) in [6.07, 6.45) is 1.65. The number of halogens is 2. The fourth-order valence-electron chi connectivity index (χ4n) is 3.19. The van der Waals surface area contributed by atoms with Crippen LogP contribution < -0.4 is 4.74 Å². The number of ether oxygens (including phenoxy) is 1. The lowest BCUT2D eigenvalue weighted by molar-refractivity contribution is 0.0592. The number of nitrogens with one attached hydrogen (secondary N) is 1. The highest BCUT2D eigenvalue weighted by atomic mass is 35.5. The molecule has 0 radical (unpaired) electrons. The smallest absolute Gasteiger partial charge is 0.274 e. The molecular weight excluding hydrogens is 373 g/mol. The van der Waals surface area contributed by atoms with Gasteiger partial charge in [-0.3, -0.25) is 9.89 Å². The summed E-state index contributed by atoms with van der Waals surface area (Å²) < 4.78 is 5.98. The Morgan fingerprint density at radius 1 is 1.08 bits per heavy atom. The second-order valence-electron chi connectivity index (χ2n) is 6.33. The van der Waals surface area contributed by atoms with E-state index in [1.807, 2.05) is 35.2 Å². The number of rotatable bonds is 3. The van der Waals surface area contributed by atoms with Crippen LogP contribution in [0.15, 0.2) is 42.5 Å². The third kappa shape index (κ3) is 3.50. The summed E-state index contributed by atoms with van der Waals surface area (Å²) in [4.78, 5) is 14.6. The average molecular weight is 390 g/mol. The molecule has 1 aliphatic rings. The van der Waals surface area contributed by atoms with E-state index in [4.69, 9.17) is 27.9 Å². The standard InChI is InChI=1S/C19H17Cl2N3O2/c20-12-1-4-14(5-2-12)26-15-7-9-24(10-8-15)19(25)18-16-6-3-13(21)11-17(16)22-23-18/h1-6,11,15H,7-10H2,(H,22,23). The van der Waals surface area contributed by atoms with Crippen LogP contribution >= 0.6 is 23.2 Å². The molecule has 7 heteroatoms. The average Bonchev–Trinajstić information content (AvgIpc) is 3.06. The Bertz CT molecular complexity index is 932. The Morgan fingerprint density at radius 3 is 2.50 bits per heavy atom. The Kier molecular flexibility index (Phi) is 4.74. The van der Waals surface area contributed by atoms with Crippen molar-refractivity contribution in [2.45, 2.75) is 18.9 Å². The highest BCUT2D eigenvalue weighted by Gasteiger charge is 2.27. The zero-order valence-electron chi connectivity index (χ0n) is 13.9. The molecule has 2 aromatic carbocycles. The first-order valence-electron chi connectivity index (χ1n) is 8.45. The molecule has 1 aliphatic heterocycles. The highest BCUT2D eigenvalue weighted by Crippen LogP contribution is 2.24. The molecule has 1 aromatic heterocycles. The molecule has 1 fully saturated rings. The lowest BCUT2D eigenvalue weighted by atomic mass is 10.1. The summed E-state index contributed by atoms with van der Waals surface area (Å²) in [5.74, 6) is 0.734. The van der Waals surface area contributed by atoms with E-state index >= 15 is 0 Å². The number of hydrogen-bond donors (Lipinski definition) is 1. The van der Waals surface area contributed by atoms with Crippen LogP contribution in [0.4, 0.5) is 0 Å². The SMILES string of the molecule is O=C(c1n[nH]c2cc(Cl)ccc12)N1CCC(Oc2ccc(Cl)cc2)CC1. The van der Waals surface area contributed by atoms with Crippen LogP contribution in [0.5, 0.6) is 5.75 Å². The van der Waals surface area contributed by atoms with Gasteiger partial charge in [-0.15, -0.1) is 0 Å². The van der Waals surface area contributed by atoms with E-state index in [1.54, 1.807) is 12.1 Å². The van der Waals surface area contributed by atoms with E-state index in [9.17, 15) is 4.79 Å². The maximum atomic E-state index is 12.8. The van der Waals surface area contributed by atoms with Gasteiger partial charge < -0.3 is 9.64 Å². The van der Waals surface area contributed by atoms with Crippen molar-refractivity contribution in [1.82, 2.24) is 15.1 Å². The second-order valence-corrected chi connectivity index (χ2v) is 7.20. The molecule has 0 unspecified atom stereocenters. The third-order valence-electron chi connectivity index (χ3n) is 4.57. The van der Waals surface area contributed by atoms with Crippen LogP contribution in [0, 0.1) is 0 Å². The van der Waals surface area contributed by atoms with Crippen molar-refractivity contribution in [3.8, 4) is 5.75 Å². The topological polar surface area (TPSA) is 58.2 Å². The Morgan fingerprint density at radius 2 is 1.77 bits per heavy atom. The van der Waals surface area contributed by atoms with Crippen molar-refractivity contribution in [1.29, 1.82) is 0 Å². The zero-order chi connectivity index (χ0) is 18.1. The molecule has 134 valence electrons. The van der Waals surface area contributed by atoms with Gasteiger partial charge in [0.2, 0.25) is 0 Å². The predicted molar refractivity (Wildman–Crippen MR) is 102 cm³/mol. The number of nitrogens with zero attached hydrogens (tertiary/aromatic N) is 2. The molecule has 1 saturated heterocycles. The van der Waals surface area contributed by atoms with Crippen molar-refractivity contribution in [2.24, 2.45) is 0 Å². The first-order chi connectivity index (χ1) is 12.6. The minimum atomic E-state index is -0.0662. The molecule has 1 amide bonds. The summed E-state index contributed by atoms with van der Waals surface area (Å²) in [6, 6.07) is 12.7. The van der Waals surface area contributed by atoms with Crippen LogP contribution in [-0.4, -0.2) is 40.2 Å². The van der Waals surface area contributed by atoms with Crippen molar-refractivity contribution in [3.05, 3.63) is 58.2 Å². The number of aromatic nitrogens is 2. The quantitative estimate of drug-likeness (QED) is 0.714. The number of likely N-dealkylation sites (tertiary alicyclic amines) is 1. The number of fused-ring (bicyclic) bond motifs is 1. The van der Waals surface area contributed by atoms with Crippen molar-refractivity contribution in [2.75, 3.05) is 13.1 Å². The molecule has 26 heavy (non-hydrogen) atoms. The Labute approximate surface area is 160 Å². The van der Waals surface area contributed by atoms with E-state index in [0.717, 1.165) is 29.5 Å². The maximum Gasteiger partial charge on any atom is 0.274 e. The molecule has 0 bridgehead atoms. The third-order valence-corrected chi connectivity index (χ3v) is 5.06. The fraction of sp³-hybridized carbons (Fsp3) is 0.263. The number of carbonyl (C=O) groups excluding carboxylic acids is 1. The van der Waals surface area contributed by atoms with Gasteiger partial charge in [0.05, 0.1) is 5.52 Å². The Balaban J connectivity index is 1.40. The van der Waals surface area contributed by atoms with Gasteiger partial charge in [-0.25, -0.2) is 0 Å². The van der Waals surface area contributed by atoms with Gasteiger partial charge in [0.25, 0.3) is 5.91 Å². The molecule has 3 aromatic rings. The normalized spacial score (nSPS) is 15.4. The summed E-state index contributed by atoms with van der Waals surface area (Å²) in [5.41, 5.74) is 1.20. The first kappa shape index (κ1) is 17.2. The number of H-pyrrole nitrogens is 1. The van der Waals surface area contributed by atoms with Crippen LogP contribution in [0.1, 0.15) is 23.3 Å². The van der Waals surface area contributed by atoms with E-state index in [2.05, 4.69) is 10.2 Å². The largest absolute Gasteiger partial charge is 0.490 e. The molecular formula is C19H17Cl2N3O2. The zero-order valence-corrected chi connectivity index (χ0v) is 15.4. The van der Waals surface area contributed by atoms with E-state index in [0.29, 0.717) is 28.8 Å². The number of amides is 1. The van der Waals surface area contributed by atoms with Crippen molar-refractivity contribution >= 4 is 40.0 Å². The van der Waals surface area contributed by atoms with Gasteiger partial charge in [0.15, 0.2) is 5.69 Å². The summed E-state index contributed by atoms with van der Waals surface area (Å²) in [7, 11) is 0. The van der Waals surface area contributed by atoms with Gasteiger partial charge in [-0.05, 0) is 42.5 Å². The highest BCUT2D eigenvalue weighted by molar-refractivity contribution is 6.31. The van der Waals surface area contributed by atoms with E-state index in [1.165, 1.54) is 0 Å². The van der Waals surface area contributed by atoms with Crippen LogP contribution in [-0.2, 0) is 0 Å². The molecule has 0 atom stereocenters. The first-order valence-corrected chi connectivity index (χ1v) is 9.21.